The van der Waals surface area contributed by atoms with Crippen LogP contribution in [0.5, 0.6) is 0 Å². The van der Waals surface area contributed by atoms with E-state index in [9.17, 15) is 25.0 Å². The number of nitrogens with zero attached hydrogens (tertiary/aromatic N) is 4. The highest BCUT2D eigenvalue weighted by molar-refractivity contribution is 6.31. The Balaban J connectivity index is 1.75. The number of nitro groups is 2. The molecule has 190 valence electrons. The van der Waals surface area contributed by atoms with E-state index in [-0.39, 0.29) is 28.5 Å². The van der Waals surface area contributed by atoms with E-state index in [1.54, 1.807) is 11.0 Å². The molecule has 1 aliphatic heterocycles. The Labute approximate surface area is 222 Å². The Morgan fingerprint density at radius 2 is 1.24 bits per heavy atom. The van der Waals surface area contributed by atoms with Crippen molar-refractivity contribution in [2.75, 3.05) is 4.90 Å². The first-order chi connectivity index (χ1) is 18.3. The number of carbonyl (C=O) groups is 1. The molecule has 1 aliphatic rings. The van der Waals surface area contributed by atoms with Gasteiger partial charge in [-0.05, 0) is 23.3 Å². The van der Waals surface area contributed by atoms with Gasteiger partial charge in [0.15, 0.2) is 0 Å². The fourth-order valence-corrected chi connectivity index (χ4v) is 4.91. The van der Waals surface area contributed by atoms with Gasteiger partial charge in [-0.2, -0.15) is 0 Å². The van der Waals surface area contributed by atoms with Crippen molar-refractivity contribution in [3.05, 3.63) is 145 Å². The third-order valence-corrected chi connectivity index (χ3v) is 6.79. The molecule has 1 heterocycles. The number of rotatable bonds is 7. The number of hydrogen-bond donors (Lipinski definition) is 0. The van der Waals surface area contributed by atoms with Crippen molar-refractivity contribution in [3.8, 4) is 0 Å². The second-order valence-electron chi connectivity index (χ2n) is 8.83. The fourth-order valence-electron chi connectivity index (χ4n) is 4.69. The normalized spacial score (nSPS) is 14.8. The molecule has 1 atom stereocenters. The van der Waals surface area contributed by atoms with Crippen molar-refractivity contribution in [2.24, 2.45) is 0 Å². The van der Waals surface area contributed by atoms with E-state index in [2.05, 4.69) is 0 Å². The highest BCUT2D eigenvalue weighted by Gasteiger charge is 2.41. The van der Waals surface area contributed by atoms with Gasteiger partial charge in [0.25, 0.3) is 17.3 Å². The summed E-state index contributed by atoms with van der Waals surface area (Å²) in [6.45, 7) is 0.463. The molecule has 1 amide bonds. The predicted octanol–water partition coefficient (Wildman–Crippen LogP) is 6.52. The average molecular weight is 529 g/mol. The minimum atomic E-state index is -0.829. The number of hydrogen-bond acceptors (Lipinski definition) is 6. The Bertz CT molecular complexity index is 1530. The summed E-state index contributed by atoms with van der Waals surface area (Å²) in [5, 5.41) is 23.5. The second-order valence-corrected chi connectivity index (χ2v) is 9.23. The first-order valence-electron chi connectivity index (χ1n) is 11.7. The van der Waals surface area contributed by atoms with E-state index in [1.165, 1.54) is 30.3 Å². The molecule has 0 bridgehead atoms. The number of fused-ring (bicyclic) bond motifs is 1. The number of anilines is 1. The van der Waals surface area contributed by atoms with E-state index in [1.807, 2.05) is 65.6 Å². The van der Waals surface area contributed by atoms with Crippen LogP contribution in [0, 0.1) is 20.2 Å². The molecule has 0 fully saturated rings. The maximum absolute atomic E-state index is 14.0. The van der Waals surface area contributed by atoms with Crippen LogP contribution in [-0.2, 0) is 13.1 Å². The maximum atomic E-state index is 14.0. The van der Waals surface area contributed by atoms with Crippen molar-refractivity contribution >= 4 is 34.6 Å². The van der Waals surface area contributed by atoms with Crippen molar-refractivity contribution in [1.29, 1.82) is 0 Å². The third kappa shape index (κ3) is 4.79. The zero-order chi connectivity index (χ0) is 26.8. The molecule has 5 rings (SSSR count). The Morgan fingerprint density at radius 3 is 1.82 bits per heavy atom. The molecule has 10 heteroatoms. The summed E-state index contributed by atoms with van der Waals surface area (Å²) in [6.07, 6.45) is -0.829. The van der Waals surface area contributed by atoms with E-state index in [4.69, 9.17) is 11.6 Å². The van der Waals surface area contributed by atoms with Crippen LogP contribution in [0.15, 0.2) is 97.1 Å². The smallest absolute Gasteiger partial charge is 0.270 e. The van der Waals surface area contributed by atoms with E-state index in [0.29, 0.717) is 17.8 Å². The number of nitro benzene ring substituents is 2. The van der Waals surface area contributed by atoms with Crippen molar-refractivity contribution in [3.63, 3.8) is 0 Å². The molecular weight excluding hydrogens is 508 g/mol. The SMILES string of the molecule is O=C1c2cc([N+](=O)[O-])ccc2N(Cc2ccccc2)[C@H](c2cc([N+](=O)[O-])ccc2Cl)N1Cc1ccccc1. The van der Waals surface area contributed by atoms with Crippen LogP contribution in [-0.4, -0.2) is 20.7 Å². The molecule has 0 saturated carbocycles. The number of benzene rings is 4. The van der Waals surface area contributed by atoms with Crippen LogP contribution < -0.4 is 4.90 Å². The van der Waals surface area contributed by atoms with Crippen molar-refractivity contribution in [1.82, 2.24) is 4.90 Å². The predicted molar refractivity (Wildman–Crippen MR) is 143 cm³/mol. The van der Waals surface area contributed by atoms with Gasteiger partial charge in [0.2, 0.25) is 0 Å². The van der Waals surface area contributed by atoms with Crippen LogP contribution in [0.1, 0.15) is 33.2 Å². The van der Waals surface area contributed by atoms with Gasteiger partial charge >= 0.3 is 0 Å². The summed E-state index contributed by atoms with van der Waals surface area (Å²) >= 11 is 6.64. The van der Waals surface area contributed by atoms with E-state index < -0.39 is 21.9 Å². The lowest BCUT2D eigenvalue weighted by Crippen LogP contribution is -2.49. The molecule has 0 radical (unpaired) electrons. The molecule has 4 aromatic carbocycles. The van der Waals surface area contributed by atoms with Crippen LogP contribution >= 0.6 is 11.6 Å². The van der Waals surface area contributed by atoms with Crippen LogP contribution in [0.4, 0.5) is 17.1 Å². The minimum absolute atomic E-state index is 0.150. The lowest BCUT2D eigenvalue weighted by atomic mass is 9.98. The standard InChI is InChI=1S/C28H21ClN4O5/c29-25-13-11-21(32(35)36)15-23(25)27-30(17-19-7-3-1-4-8-19)26-14-12-22(33(37)38)16-24(26)28(34)31(27)18-20-9-5-2-6-10-20/h1-16,27H,17-18H2/t27-/m0/s1. The second kappa shape index (κ2) is 10.3. The molecule has 4 aromatic rings. The highest BCUT2D eigenvalue weighted by atomic mass is 35.5. The lowest BCUT2D eigenvalue weighted by molar-refractivity contribution is -0.385. The zero-order valence-corrected chi connectivity index (χ0v) is 20.7. The third-order valence-electron chi connectivity index (χ3n) is 6.44. The molecule has 0 aromatic heterocycles. The lowest BCUT2D eigenvalue weighted by Gasteiger charge is -2.46. The van der Waals surface area contributed by atoms with Gasteiger partial charge in [0, 0.05) is 47.9 Å². The Kier molecular flexibility index (Phi) is 6.76. The molecule has 0 unspecified atom stereocenters. The number of halogens is 1. The maximum Gasteiger partial charge on any atom is 0.270 e. The fraction of sp³-hybridized carbons (Fsp3) is 0.107. The molecule has 38 heavy (non-hydrogen) atoms. The number of non-ortho nitro benzene ring substituents is 2. The van der Waals surface area contributed by atoms with Gasteiger partial charge in [-0.25, -0.2) is 0 Å². The topological polar surface area (TPSA) is 110 Å². The Morgan fingerprint density at radius 1 is 0.711 bits per heavy atom. The first kappa shape index (κ1) is 24.9. The van der Waals surface area contributed by atoms with Gasteiger partial charge in [-0.15, -0.1) is 0 Å². The van der Waals surface area contributed by atoms with Crippen LogP contribution in [0.25, 0.3) is 0 Å². The molecular formula is C28H21ClN4O5. The number of carbonyl (C=O) groups excluding carboxylic acids is 1. The summed E-state index contributed by atoms with van der Waals surface area (Å²) in [5.74, 6) is -0.440. The van der Waals surface area contributed by atoms with Crippen LogP contribution in [0.2, 0.25) is 5.02 Å². The monoisotopic (exact) mass is 528 g/mol. The molecule has 0 saturated heterocycles. The van der Waals surface area contributed by atoms with Crippen molar-refractivity contribution < 1.29 is 14.6 Å². The summed E-state index contributed by atoms with van der Waals surface area (Å²) in [6, 6.07) is 27.1. The van der Waals surface area contributed by atoms with Crippen molar-refractivity contribution in [2.45, 2.75) is 19.3 Å². The van der Waals surface area contributed by atoms with Crippen LogP contribution in [0.3, 0.4) is 0 Å². The summed E-state index contributed by atoms with van der Waals surface area (Å²) in [5.41, 5.74) is 2.39. The first-order valence-corrected chi connectivity index (χ1v) is 12.1. The molecule has 0 N–H and O–H groups in total. The van der Waals surface area contributed by atoms with Gasteiger partial charge in [0.05, 0.1) is 21.1 Å². The zero-order valence-electron chi connectivity index (χ0n) is 19.9. The molecule has 0 spiro atoms. The molecule has 9 nitrogen and oxygen atoms in total. The number of amides is 1. The summed E-state index contributed by atoms with van der Waals surface area (Å²) in [4.78, 5) is 39.6. The largest absolute Gasteiger partial charge is 0.342 e. The van der Waals surface area contributed by atoms with Gasteiger partial charge < -0.3 is 9.80 Å². The summed E-state index contributed by atoms with van der Waals surface area (Å²) < 4.78 is 0. The van der Waals surface area contributed by atoms with Gasteiger partial charge in [-0.3, -0.25) is 25.0 Å². The average Bonchev–Trinajstić information content (AvgIpc) is 2.92. The highest BCUT2D eigenvalue weighted by Crippen LogP contribution is 2.44. The van der Waals surface area contributed by atoms with E-state index >= 15 is 0 Å². The Hall–Kier alpha value is -4.76. The summed E-state index contributed by atoms with van der Waals surface area (Å²) in [7, 11) is 0. The minimum Gasteiger partial charge on any atom is -0.342 e. The van der Waals surface area contributed by atoms with Gasteiger partial charge in [-0.1, -0.05) is 72.3 Å². The van der Waals surface area contributed by atoms with Gasteiger partial charge in [0.1, 0.15) is 6.17 Å². The quantitative estimate of drug-likeness (QED) is 0.199. The molecule has 0 aliphatic carbocycles. The van der Waals surface area contributed by atoms with E-state index in [0.717, 1.165) is 11.1 Å².